The number of rotatable bonds is 9. The van der Waals surface area contributed by atoms with Gasteiger partial charge in [0, 0.05) is 33.6 Å². The number of carboxylic acid groups (broad SMARTS) is 1. The number of pyridine rings is 1. The first kappa shape index (κ1) is 27.7. The van der Waals surface area contributed by atoms with E-state index in [0.29, 0.717) is 39.9 Å². The van der Waals surface area contributed by atoms with Crippen molar-refractivity contribution in [2.45, 2.75) is 52.7 Å². The minimum atomic E-state index is -1.04. The number of carbonyl (C=O) groups is 3. The predicted molar refractivity (Wildman–Crippen MR) is 135 cm³/mol. The molecule has 0 aliphatic heterocycles. The molecule has 1 fully saturated rings. The highest BCUT2D eigenvalue weighted by atomic mass is 35.5. The average molecular weight is 537 g/mol. The van der Waals surface area contributed by atoms with Crippen molar-refractivity contribution in [2.24, 2.45) is 16.7 Å². The molecule has 194 valence electrons. The molecule has 1 amide bonds. The topological polar surface area (TPSA) is 115 Å². The zero-order valence-corrected chi connectivity index (χ0v) is 22.2. The maximum absolute atomic E-state index is 13.1. The van der Waals surface area contributed by atoms with E-state index in [1.165, 1.54) is 13.3 Å². The molecule has 0 spiro atoms. The Morgan fingerprint density at radius 2 is 1.83 bits per heavy atom. The van der Waals surface area contributed by atoms with Crippen LogP contribution in [0.5, 0.6) is 5.75 Å². The van der Waals surface area contributed by atoms with E-state index < -0.39 is 34.7 Å². The van der Waals surface area contributed by atoms with Crippen LogP contribution in [0.3, 0.4) is 0 Å². The fourth-order valence-electron chi connectivity index (χ4n) is 4.60. The van der Waals surface area contributed by atoms with Gasteiger partial charge in [-0.25, -0.2) is 4.79 Å². The van der Waals surface area contributed by atoms with E-state index in [-0.39, 0.29) is 18.9 Å². The third kappa shape index (κ3) is 5.60. The molecule has 0 saturated heterocycles. The minimum Gasteiger partial charge on any atom is -0.487 e. The zero-order valence-electron chi connectivity index (χ0n) is 20.6. The number of aliphatic carboxylic acids is 1. The lowest BCUT2D eigenvalue weighted by Crippen LogP contribution is -2.50. The van der Waals surface area contributed by atoms with Gasteiger partial charge in [-0.05, 0) is 49.4 Å². The average Bonchev–Trinajstić information content (AvgIpc) is 3.08. The van der Waals surface area contributed by atoms with Crippen LogP contribution in [-0.4, -0.2) is 41.1 Å². The van der Waals surface area contributed by atoms with Crippen molar-refractivity contribution in [3.63, 3.8) is 0 Å². The molecule has 2 N–H and O–H groups in total. The van der Waals surface area contributed by atoms with Gasteiger partial charge < -0.3 is 19.9 Å². The summed E-state index contributed by atoms with van der Waals surface area (Å²) in [5.74, 6) is -2.01. The number of halogens is 2. The second-order valence-corrected chi connectivity index (χ2v) is 10.5. The molecule has 3 atom stereocenters. The maximum atomic E-state index is 13.1. The monoisotopic (exact) mass is 536 g/mol. The van der Waals surface area contributed by atoms with Crippen LogP contribution in [0, 0.1) is 16.7 Å². The quantitative estimate of drug-likeness (QED) is 0.446. The first-order valence-electron chi connectivity index (χ1n) is 11.5. The van der Waals surface area contributed by atoms with Gasteiger partial charge in [-0.2, -0.15) is 0 Å². The molecule has 3 rings (SSSR count). The molecule has 10 heteroatoms. The Kier molecular flexibility index (Phi) is 8.52. The summed E-state index contributed by atoms with van der Waals surface area (Å²) < 4.78 is 10.6. The lowest BCUT2D eigenvalue weighted by molar-refractivity contribution is -0.156. The van der Waals surface area contributed by atoms with Crippen LogP contribution in [0.1, 0.15) is 44.9 Å². The molecule has 8 nitrogen and oxygen atoms in total. The van der Waals surface area contributed by atoms with Crippen LogP contribution < -0.4 is 10.1 Å². The van der Waals surface area contributed by atoms with Crippen molar-refractivity contribution in [1.29, 1.82) is 0 Å². The summed E-state index contributed by atoms with van der Waals surface area (Å²) in [7, 11) is 1.24. The Morgan fingerprint density at radius 3 is 2.36 bits per heavy atom. The second-order valence-electron chi connectivity index (χ2n) is 9.71. The normalized spacial score (nSPS) is 21.4. The van der Waals surface area contributed by atoms with Crippen molar-refractivity contribution >= 4 is 41.0 Å². The Hall–Kier alpha value is -2.84. The molecule has 0 unspecified atom stereocenters. The number of nitrogens with zero attached hydrogens (tertiary/aromatic N) is 1. The number of aromatic nitrogens is 1. The van der Waals surface area contributed by atoms with Gasteiger partial charge in [-0.3, -0.25) is 14.6 Å². The molecule has 0 bridgehead atoms. The summed E-state index contributed by atoms with van der Waals surface area (Å²) in [5.41, 5.74) is -0.644. The Labute approximate surface area is 220 Å². The number of benzene rings is 1. The third-order valence-corrected chi connectivity index (χ3v) is 8.18. The van der Waals surface area contributed by atoms with Crippen molar-refractivity contribution in [3.8, 4) is 5.75 Å². The molecule has 1 aromatic heterocycles. The number of hydrogen-bond donors (Lipinski definition) is 2. The smallest absolute Gasteiger partial charge is 0.328 e. The highest BCUT2D eigenvalue weighted by Crippen LogP contribution is 2.56. The van der Waals surface area contributed by atoms with Gasteiger partial charge in [0.25, 0.3) is 0 Å². The molecule has 36 heavy (non-hydrogen) atoms. The molecule has 1 saturated carbocycles. The summed E-state index contributed by atoms with van der Waals surface area (Å²) in [6.45, 7) is 5.38. The highest BCUT2D eigenvalue weighted by molar-refractivity contribution is 6.35. The Balaban J connectivity index is 1.67. The van der Waals surface area contributed by atoms with E-state index >= 15 is 0 Å². The van der Waals surface area contributed by atoms with E-state index in [9.17, 15) is 19.5 Å². The van der Waals surface area contributed by atoms with E-state index in [4.69, 9.17) is 32.7 Å². The minimum absolute atomic E-state index is 0.0956. The molecule has 1 aliphatic rings. The van der Waals surface area contributed by atoms with Crippen LogP contribution in [0.4, 0.5) is 0 Å². The maximum Gasteiger partial charge on any atom is 0.328 e. The van der Waals surface area contributed by atoms with Gasteiger partial charge in [-0.1, -0.05) is 43.1 Å². The number of amides is 1. The van der Waals surface area contributed by atoms with Gasteiger partial charge in [-0.15, -0.1) is 0 Å². The first-order chi connectivity index (χ1) is 16.9. The SMILES string of the molecule is COC(=O)[C@H](Cc1ccc(OCc2c(Cl)cccc2Cl)cn1)NC(=O)[C@H]1CC[C@](C)(C(=O)O)C1(C)C. The van der Waals surface area contributed by atoms with Crippen molar-refractivity contribution in [1.82, 2.24) is 10.3 Å². The molecular weight excluding hydrogens is 507 g/mol. The number of nitrogens with one attached hydrogen (secondary N) is 1. The summed E-state index contributed by atoms with van der Waals surface area (Å²) in [6, 6.07) is 7.61. The van der Waals surface area contributed by atoms with Gasteiger partial charge in [0.05, 0.1) is 18.7 Å². The summed E-state index contributed by atoms with van der Waals surface area (Å²) in [6.07, 6.45) is 2.39. The van der Waals surface area contributed by atoms with Crippen LogP contribution in [0.15, 0.2) is 36.5 Å². The molecule has 0 radical (unpaired) electrons. The Morgan fingerprint density at radius 1 is 1.17 bits per heavy atom. The summed E-state index contributed by atoms with van der Waals surface area (Å²) in [4.78, 5) is 41.8. The lowest BCUT2D eigenvalue weighted by Gasteiger charge is -2.38. The van der Waals surface area contributed by atoms with E-state index in [1.807, 2.05) is 0 Å². The van der Waals surface area contributed by atoms with Crippen LogP contribution >= 0.6 is 23.2 Å². The van der Waals surface area contributed by atoms with Crippen LogP contribution in [0.2, 0.25) is 10.0 Å². The van der Waals surface area contributed by atoms with Gasteiger partial charge >= 0.3 is 11.9 Å². The highest BCUT2D eigenvalue weighted by Gasteiger charge is 2.58. The zero-order chi connectivity index (χ0) is 26.7. The standard InChI is InChI=1S/C26H30Cl2N2O6/c1-25(2)18(10-11-26(25,3)24(33)34)22(31)30-21(23(32)35-4)12-15-8-9-16(13-29-15)36-14-17-19(27)6-5-7-20(17)28/h5-9,13,18,21H,10-12,14H2,1-4H3,(H,30,31)(H,33,34)/t18-,21+,26-/m1/s1. The lowest BCUT2D eigenvalue weighted by atomic mass is 9.65. The van der Waals surface area contributed by atoms with Crippen molar-refractivity contribution < 1.29 is 29.0 Å². The fourth-order valence-corrected chi connectivity index (χ4v) is 5.11. The summed E-state index contributed by atoms with van der Waals surface area (Å²) >= 11 is 12.3. The summed E-state index contributed by atoms with van der Waals surface area (Å²) in [5, 5.41) is 13.5. The molecule has 1 heterocycles. The van der Waals surface area contributed by atoms with Crippen molar-refractivity contribution in [3.05, 3.63) is 57.8 Å². The number of carboxylic acids is 1. The molecular formula is C26H30Cl2N2O6. The Bertz CT molecular complexity index is 1120. The first-order valence-corrected chi connectivity index (χ1v) is 12.3. The molecule has 1 aromatic carbocycles. The van der Waals surface area contributed by atoms with Gasteiger partial charge in [0.2, 0.25) is 5.91 Å². The van der Waals surface area contributed by atoms with Gasteiger partial charge in [0.1, 0.15) is 18.4 Å². The van der Waals surface area contributed by atoms with Crippen LogP contribution in [0.25, 0.3) is 0 Å². The van der Waals surface area contributed by atoms with Crippen LogP contribution in [-0.2, 0) is 32.1 Å². The molecule has 2 aromatic rings. The van der Waals surface area contributed by atoms with E-state index in [0.717, 1.165) is 0 Å². The third-order valence-electron chi connectivity index (χ3n) is 7.47. The number of carbonyl (C=O) groups excluding carboxylic acids is 2. The van der Waals surface area contributed by atoms with Crippen molar-refractivity contribution in [2.75, 3.05) is 7.11 Å². The van der Waals surface area contributed by atoms with Gasteiger partial charge in [0.15, 0.2) is 0 Å². The van der Waals surface area contributed by atoms with E-state index in [2.05, 4.69) is 10.3 Å². The van der Waals surface area contributed by atoms with E-state index in [1.54, 1.807) is 51.1 Å². The molecule has 1 aliphatic carbocycles. The number of hydrogen-bond acceptors (Lipinski definition) is 6. The number of esters is 1. The number of ether oxygens (including phenoxy) is 2. The number of methoxy groups -OCH3 is 1. The fraction of sp³-hybridized carbons (Fsp3) is 0.462. The second kappa shape index (κ2) is 11.0. The largest absolute Gasteiger partial charge is 0.487 e. The predicted octanol–water partition coefficient (Wildman–Crippen LogP) is 4.69.